The number of hydrogen-bond acceptors (Lipinski definition) is 3. The van der Waals surface area contributed by atoms with Gasteiger partial charge in [0.25, 0.3) is 0 Å². The molecule has 2 atom stereocenters. The maximum absolute atomic E-state index is 4.24. The van der Waals surface area contributed by atoms with Gasteiger partial charge in [-0.1, -0.05) is 25.0 Å². The Morgan fingerprint density at radius 3 is 1.40 bits per heavy atom. The topological polar surface area (TPSA) is 43.1 Å². The molecule has 1 saturated carbocycles. The van der Waals surface area contributed by atoms with Crippen LogP contribution in [-0.4, -0.2) is 80.3 Å². The molecule has 0 saturated heterocycles. The Labute approximate surface area is 278 Å². The Morgan fingerprint density at radius 2 is 1.11 bits per heavy atom. The van der Waals surface area contributed by atoms with Crippen LogP contribution in [-0.2, 0) is 0 Å². The molecule has 5 heteroatoms. The Kier molecular flexibility index (Phi) is 17.1. The summed E-state index contributed by atoms with van der Waals surface area (Å²) in [6.45, 7) is 28.7. The third-order valence-corrected chi connectivity index (χ3v) is 11.1. The zero-order chi connectivity index (χ0) is 34.6. The molecule has 5 nitrogen and oxygen atoms in total. The van der Waals surface area contributed by atoms with Gasteiger partial charge in [-0.15, -0.1) is 0 Å². The van der Waals surface area contributed by atoms with Gasteiger partial charge in [-0.25, -0.2) is 9.15 Å². The molecule has 1 aromatic carbocycles. The van der Waals surface area contributed by atoms with Crippen LogP contribution in [0.25, 0.3) is 0 Å². The molecule has 4 aliphatic rings. The summed E-state index contributed by atoms with van der Waals surface area (Å²) in [5.74, 6) is 1.61. The predicted octanol–water partition coefficient (Wildman–Crippen LogP) is 8.68. The molecule has 0 radical (unpaired) electrons. The fourth-order valence-electron chi connectivity index (χ4n) is 6.12. The standard InChI is InChI=1S/C9H16N.C9H15N.C8H14N.C8H15N.C6H9N/c1-7-5-6-10(4)9(3)8(7)2;1-7-5-4-6-9(10-3)8(7)2;1-6-5-9(4)8(3)7(6)2;1-6-4-5-8(9-3)7(6)2;1-4-5(2)6(4)7-3/h5-6H2,1-4H3;4-6H2,1-3H3;5H2,1-4H3;6-7H,4-5H2,1-3H3;1-3H3/q+1;;+1;;. The minimum atomic E-state index is 0.745. The first-order valence-electron chi connectivity index (χ1n) is 17.2. The summed E-state index contributed by atoms with van der Waals surface area (Å²) >= 11 is 0. The van der Waals surface area contributed by atoms with Crippen LogP contribution in [0.15, 0.2) is 48.4 Å². The van der Waals surface area contributed by atoms with E-state index in [-0.39, 0.29) is 0 Å². The van der Waals surface area contributed by atoms with E-state index >= 15 is 0 Å². The van der Waals surface area contributed by atoms with Gasteiger partial charge < -0.3 is 0 Å². The van der Waals surface area contributed by atoms with Crippen molar-refractivity contribution in [3.05, 3.63) is 49.9 Å². The number of rotatable bonds is 0. The van der Waals surface area contributed by atoms with Crippen LogP contribution in [0.3, 0.4) is 0 Å². The molecule has 2 aliphatic carbocycles. The Balaban J connectivity index is 0.000000283. The molecule has 1 aromatic rings. The highest BCUT2D eigenvalue weighted by atomic mass is 15.0. The highest BCUT2D eigenvalue weighted by Gasteiger charge is 2.24. The third kappa shape index (κ3) is 11.9. The summed E-state index contributed by atoms with van der Waals surface area (Å²) in [6, 6.07) is 0. The monoisotopic (exact) mass is 620 g/mol. The molecule has 2 aliphatic heterocycles. The molecule has 0 spiro atoms. The summed E-state index contributed by atoms with van der Waals surface area (Å²) in [4.78, 5) is 12.5. The quantitative estimate of drug-likeness (QED) is 0.261. The fourth-order valence-corrected chi connectivity index (χ4v) is 6.12. The number of aliphatic imine (C=N–C) groups is 2. The smallest absolute Gasteiger partial charge is 0.176 e. The van der Waals surface area contributed by atoms with Gasteiger partial charge in [-0.05, 0) is 122 Å². The maximum Gasteiger partial charge on any atom is 0.176 e. The lowest BCUT2D eigenvalue weighted by Gasteiger charge is -2.15. The average Bonchev–Trinajstić information content (AvgIpc) is 3.36. The second-order valence-corrected chi connectivity index (χ2v) is 13.8. The van der Waals surface area contributed by atoms with Crippen LogP contribution in [0.5, 0.6) is 0 Å². The predicted molar refractivity (Wildman–Crippen MR) is 201 cm³/mol. The normalized spacial score (nSPS) is 23.5. The minimum absolute atomic E-state index is 0.745. The zero-order valence-electron chi connectivity index (χ0n) is 32.5. The van der Waals surface area contributed by atoms with E-state index in [0.29, 0.717) is 0 Å². The number of nitrogens with zero attached hydrogens (tertiary/aromatic N) is 5. The average molecular weight is 620 g/mol. The lowest BCUT2D eigenvalue weighted by atomic mass is 9.92. The fraction of sp³-hybridized carbons (Fsp3) is 0.675. The van der Waals surface area contributed by atoms with Gasteiger partial charge in [-0.2, -0.15) is 0 Å². The lowest BCUT2D eigenvalue weighted by Crippen LogP contribution is -2.22. The van der Waals surface area contributed by atoms with Gasteiger partial charge in [0.15, 0.2) is 18.0 Å². The van der Waals surface area contributed by atoms with Crippen molar-refractivity contribution in [2.75, 3.05) is 48.3 Å². The summed E-state index contributed by atoms with van der Waals surface area (Å²) in [5, 5.41) is 1.22. The second-order valence-electron chi connectivity index (χ2n) is 13.8. The van der Waals surface area contributed by atoms with Crippen LogP contribution < -0.4 is 5.36 Å². The Morgan fingerprint density at radius 1 is 0.578 bits per heavy atom. The third-order valence-electron chi connectivity index (χ3n) is 11.1. The zero-order valence-corrected chi connectivity index (χ0v) is 32.5. The van der Waals surface area contributed by atoms with Gasteiger partial charge in [0, 0.05) is 64.0 Å². The van der Waals surface area contributed by atoms with Crippen molar-refractivity contribution in [2.45, 2.75) is 122 Å². The van der Waals surface area contributed by atoms with Crippen LogP contribution in [0, 0.1) is 25.7 Å². The number of allylic oxidation sites excluding steroid dienone is 4. The van der Waals surface area contributed by atoms with E-state index in [9.17, 15) is 0 Å². The largest absolute Gasteiger partial charge is 0.297 e. The van der Waals surface area contributed by atoms with E-state index in [4.69, 9.17) is 0 Å². The summed E-state index contributed by atoms with van der Waals surface area (Å²) in [6.07, 6.45) is 7.55. The molecular weight excluding hydrogens is 550 g/mol. The maximum atomic E-state index is 4.24. The first-order valence-corrected chi connectivity index (χ1v) is 17.2. The first kappa shape index (κ1) is 40.3. The van der Waals surface area contributed by atoms with Crippen LogP contribution in [0.2, 0.25) is 0 Å². The highest BCUT2D eigenvalue weighted by Crippen LogP contribution is 2.28. The lowest BCUT2D eigenvalue weighted by molar-refractivity contribution is -0.498. The molecule has 45 heavy (non-hydrogen) atoms. The van der Waals surface area contributed by atoms with Crippen molar-refractivity contribution >= 4 is 22.8 Å². The molecular formula is C40H69N5+2. The number of likely N-dealkylation sites (N-methyl/N-ethyl adjacent to an activating group) is 1. The van der Waals surface area contributed by atoms with Gasteiger partial charge >= 0.3 is 0 Å². The molecule has 0 amide bonds. The van der Waals surface area contributed by atoms with E-state index in [1.165, 1.54) is 112 Å². The molecule has 0 bridgehead atoms. The SMILES string of the molecule is CC1=C(C)C(C)=[N+](C)C1.CC1=C(C)C(C)=[N+](C)CC1.CN=C1CCC(C)C1C.CN=C1CCCC(C)=C1C.CN=c1c(C)c1C. The van der Waals surface area contributed by atoms with Crippen molar-refractivity contribution in [2.24, 2.45) is 26.8 Å². The van der Waals surface area contributed by atoms with Gasteiger partial charge in [-0.3, -0.25) is 15.0 Å². The molecule has 252 valence electrons. The Bertz CT molecular complexity index is 1330. The minimum Gasteiger partial charge on any atom is -0.297 e. The van der Waals surface area contributed by atoms with Crippen molar-refractivity contribution in [3.63, 3.8) is 0 Å². The molecule has 0 N–H and O–H groups in total. The van der Waals surface area contributed by atoms with E-state index in [1.807, 2.05) is 21.1 Å². The van der Waals surface area contributed by atoms with Crippen molar-refractivity contribution in [1.29, 1.82) is 0 Å². The summed E-state index contributed by atoms with van der Waals surface area (Å²) in [5.41, 5.74) is 17.3. The van der Waals surface area contributed by atoms with Crippen molar-refractivity contribution < 1.29 is 9.15 Å². The molecule has 2 heterocycles. The highest BCUT2D eigenvalue weighted by molar-refractivity contribution is 6.00. The molecule has 2 unspecified atom stereocenters. The van der Waals surface area contributed by atoms with E-state index in [0.717, 1.165) is 18.4 Å². The van der Waals surface area contributed by atoms with Gasteiger partial charge in [0.1, 0.15) is 20.6 Å². The molecule has 1 fully saturated rings. The van der Waals surface area contributed by atoms with E-state index < -0.39 is 0 Å². The Hall–Kier alpha value is -2.69. The molecule has 0 aromatic heterocycles. The van der Waals surface area contributed by atoms with Gasteiger partial charge in [0.2, 0.25) is 0 Å². The van der Waals surface area contributed by atoms with Crippen molar-refractivity contribution in [3.8, 4) is 0 Å². The summed E-state index contributed by atoms with van der Waals surface area (Å²) < 4.78 is 4.60. The van der Waals surface area contributed by atoms with Gasteiger partial charge in [0.05, 0.1) is 5.36 Å². The van der Waals surface area contributed by atoms with E-state index in [2.05, 4.69) is 121 Å². The molecule has 5 rings (SSSR count). The van der Waals surface area contributed by atoms with Crippen LogP contribution >= 0.6 is 0 Å². The van der Waals surface area contributed by atoms with Crippen LogP contribution in [0.4, 0.5) is 0 Å². The van der Waals surface area contributed by atoms with Crippen LogP contribution in [0.1, 0.15) is 119 Å². The van der Waals surface area contributed by atoms with Crippen molar-refractivity contribution in [1.82, 2.24) is 0 Å². The summed E-state index contributed by atoms with van der Waals surface area (Å²) in [7, 11) is 9.91. The van der Waals surface area contributed by atoms with E-state index in [1.54, 1.807) is 5.57 Å². The first-order chi connectivity index (χ1) is 21.0. The number of hydrogen-bond donors (Lipinski definition) is 0. The second kappa shape index (κ2) is 19.1.